The summed E-state index contributed by atoms with van der Waals surface area (Å²) < 4.78 is 0. The molecule has 0 aliphatic carbocycles. The van der Waals surface area contributed by atoms with Gasteiger partial charge in [0, 0.05) is 30.3 Å². The topological polar surface area (TPSA) is 73.2 Å². The van der Waals surface area contributed by atoms with Gasteiger partial charge in [-0.15, -0.1) is 0 Å². The number of benzene rings is 1. The van der Waals surface area contributed by atoms with Crippen molar-refractivity contribution in [2.24, 2.45) is 0 Å². The Hall–Kier alpha value is -2.35. The van der Waals surface area contributed by atoms with Crippen molar-refractivity contribution < 1.29 is 9.59 Å². The Labute approximate surface area is 118 Å². The van der Waals surface area contributed by atoms with Crippen LogP contribution >= 0.6 is 0 Å². The van der Waals surface area contributed by atoms with E-state index in [4.69, 9.17) is 5.26 Å². The molecule has 0 saturated carbocycles. The lowest BCUT2D eigenvalue weighted by Crippen LogP contribution is -2.39. The van der Waals surface area contributed by atoms with E-state index in [0.29, 0.717) is 12.1 Å². The molecule has 1 N–H and O–H groups in total. The molecule has 2 rings (SSSR count). The number of carbonyl (C=O) groups excluding carboxylic acids is 2. The fourth-order valence-electron chi connectivity index (χ4n) is 2.45. The molecule has 0 radical (unpaired) electrons. The maximum Gasteiger partial charge on any atom is 0.238 e. The third-order valence-corrected chi connectivity index (χ3v) is 3.58. The van der Waals surface area contributed by atoms with Crippen LogP contribution < -0.4 is 10.2 Å². The van der Waals surface area contributed by atoms with Crippen LogP contribution in [0.5, 0.6) is 0 Å². The van der Waals surface area contributed by atoms with E-state index in [-0.39, 0.29) is 23.7 Å². The first-order valence-electron chi connectivity index (χ1n) is 6.43. The number of amides is 2. The van der Waals surface area contributed by atoms with Gasteiger partial charge in [-0.1, -0.05) is 13.8 Å². The normalized spacial score (nSPS) is 16.3. The number of anilines is 2. The predicted molar refractivity (Wildman–Crippen MR) is 76.4 cm³/mol. The Morgan fingerprint density at radius 1 is 1.50 bits per heavy atom. The SMILES string of the molecule is CN1C(=O)CC(C)(C)c2cc(NC(=O)CC#N)ccc21. The number of nitriles is 1. The van der Waals surface area contributed by atoms with Crippen molar-refractivity contribution in [3.63, 3.8) is 0 Å². The molecule has 1 heterocycles. The maximum atomic E-state index is 11.9. The average Bonchev–Trinajstić information content (AvgIpc) is 2.36. The minimum atomic E-state index is -0.328. The van der Waals surface area contributed by atoms with E-state index in [1.165, 1.54) is 0 Å². The van der Waals surface area contributed by atoms with Crippen molar-refractivity contribution in [3.05, 3.63) is 23.8 Å². The number of nitrogens with one attached hydrogen (secondary N) is 1. The number of hydrogen-bond donors (Lipinski definition) is 1. The Bertz CT molecular complexity index is 614. The molecule has 5 heteroatoms. The zero-order valence-electron chi connectivity index (χ0n) is 11.9. The van der Waals surface area contributed by atoms with Gasteiger partial charge in [0.05, 0.1) is 6.07 Å². The first-order chi connectivity index (χ1) is 9.35. The second-order valence-electron chi connectivity index (χ2n) is 5.63. The average molecular weight is 271 g/mol. The zero-order chi connectivity index (χ0) is 14.9. The molecule has 0 spiro atoms. The van der Waals surface area contributed by atoms with Gasteiger partial charge in [0.1, 0.15) is 6.42 Å². The molecule has 1 aliphatic rings. The number of nitrogens with zero attached hydrogens (tertiary/aromatic N) is 2. The maximum absolute atomic E-state index is 11.9. The van der Waals surface area contributed by atoms with Crippen LogP contribution in [-0.2, 0) is 15.0 Å². The van der Waals surface area contributed by atoms with Gasteiger partial charge >= 0.3 is 0 Å². The zero-order valence-corrected chi connectivity index (χ0v) is 11.9. The molecule has 5 nitrogen and oxygen atoms in total. The predicted octanol–water partition coefficient (Wildman–Crippen LogP) is 2.18. The van der Waals surface area contributed by atoms with Crippen molar-refractivity contribution in [3.8, 4) is 6.07 Å². The molecule has 1 aromatic carbocycles. The number of carbonyl (C=O) groups is 2. The summed E-state index contributed by atoms with van der Waals surface area (Å²) in [6, 6.07) is 7.28. The standard InChI is InChI=1S/C15H17N3O2/c1-15(2)9-14(20)18(3)12-5-4-10(8-11(12)15)17-13(19)6-7-16/h4-5,8H,6,9H2,1-3H3,(H,17,19). The van der Waals surface area contributed by atoms with Crippen LogP contribution in [-0.4, -0.2) is 18.9 Å². The number of rotatable bonds is 2. The second-order valence-corrected chi connectivity index (χ2v) is 5.63. The molecule has 2 amide bonds. The van der Waals surface area contributed by atoms with Crippen LogP contribution in [0.3, 0.4) is 0 Å². The van der Waals surface area contributed by atoms with Crippen molar-refractivity contribution in [1.29, 1.82) is 5.26 Å². The van der Waals surface area contributed by atoms with Gasteiger partial charge in [-0.25, -0.2) is 0 Å². The highest BCUT2D eigenvalue weighted by atomic mass is 16.2. The Morgan fingerprint density at radius 3 is 2.85 bits per heavy atom. The van der Waals surface area contributed by atoms with E-state index in [1.807, 2.05) is 32.0 Å². The third-order valence-electron chi connectivity index (χ3n) is 3.58. The van der Waals surface area contributed by atoms with Crippen molar-refractivity contribution >= 4 is 23.2 Å². The van der Waals surface area contributed by atoms with Crippen molar-refractivity contribution in [2.75, 3.05) is 17.3 Å². The first-order valence-corrected chi connectivity index (χ1v) is 6.43. The highest BCUT2D eigenvalue weighted by Crippen LogP contribution is 2.40. The van der Waals surface area contributed by atoms with Crippen LogP contribution in [0.2, 0.25) is 0 Å². The van der Waals surface area contributed by atoms with Gasteiger partial charge in [0.25, 0.3) is 0 Å². The van der Waals surface area contributed by atoms with Crippen LogP contribution in [0.1, 0.15) is 32.3 Å². The minimum Gasteiger partial charge on any atom is -0.325 e. The second kappa shape index (κ2) is 4.97. The molecular formula is C15H17N3O2. The van der Waals surface area contributed by atoms with E-state index in [1.54, 1.807) is 18.0 Å². The van der Waals surface area contributed by atoms with Crippen molar-refractivity contribution in [2.45, 2.75) is 32.1 Å². The highest BCUT2D eigenvalue weighted by molar-refractivity contribution is 5.98. The quantitative estimate of drug-likeness (QED) is 0.896. The van der Waals surface area contributed by atoms with E-state index >= 15 is 0 Å². The van der Waals surface area contributed by atoms with E-state index in [9.17, 15) is 9.59 Å². The molecule has 104 valence electrons. The lowest BCUT2D eigenvalue weighted by molar-refractivity contribution is -0.120. The third kappa shape index (κ3) is 2.50. The Kier molecular flexibility index (Phi) is 3.49. The summed E-state index contributed by atoms with van der Waals surface area (Å²) >= 11 is 0. The first kappa shape index (κ1) is 14.1. The van der Waals surface area contributed by atoms with E-state index in [2.05, 4.69) is 5.32 Å². The molecular weight excluding hydrogens is 254 g/mol. The fraction of sp³-hybridized carbons (Fsp3) is 0.400. The van der Waals surface area contributed by atoms with Crippen molar-refractivity contribution in [1.82, 2.24) is 0 Å². The molecule has 0 fully saturated rings. The molecule has 0 aromatic heterocycles. The molecule has 20 heavy (non-hydrogen) atoms. The monoisotopic (exact) mass is 271 g/mol. The van der Waals surface area contributed by atoms with Gasteiger partial charge in [-0.05, 0) is 23.8 Å². The number of hydrogen-bond acceptors (Lipinski definition) is 3. The fourth-order valence-corrected chi connectivity index (χ4v) is 2.45. The summed E-state index contributed by atoms with van der Waals surface area (Å²) in [5.74, 6) is -0.241. The highest BCUT2D eigenvalue weighted by Gasteiger charge is 2.35. The van der Waals surface area contributed by atoms with Crippen LogP contribution in [0, 0.1) is 11.3 Å². The molecule has 0 saturated heterocycles. The van der Waals surface area contributed by atoms with Gasteiger partial charge in [-0.3, -0.25) is 9.59 Å². The smallest absolute Gasteiger partial charge is 0.238 e. The Morgan fingerprint density at radius 2 is 2.20 bits per heavy atom. The summed E-state index contributed by atoms with van der Waals surface area (Å²) in [5, 5.41) is 11.2. The van der Waals surface area contributed by atoms with Gasteiger partial charge in [0.2, 0.25) is 11.8 Å². The summed E-state index contributed by atoms with van der Waals surface area (Å²) in [6.45, 7) is 4.02. The number of fused-ring (bicyclic) bond motifs is 1. The van der Waals surface area contributed by atoms with Gasteiger partial charge < -0.3 is 10.2 Å². The summed E-state index contributed by atoms with van der Waals surface area (Å²) in [5.41, 5.74) is 2.27. The van der Waals surface area contributed by atoms with E-state index < -0.39 is 0 Å². The molecule has 0 atom stereocenters. The minimum absolute atomic E-state index is 0.0868. The molecule has 0 unspecified atom stereocenters. The molecule has 1 aliphatic heterocycles. The van der Waals surface area contributed by atoms with Crippen LogP contribution in [0.15, 0.2) is 18.2 Å². The Balaban J connectivity index is 2.38. The molecule has 0 bridgehead atoms. The van der Waals surface area contributed by atoms with Gasteiger partial charge in [0.15, 0.2) is 0 Å². The summed E-state index contributed by atoms with van der Waals surface area (Å²) in [6.07, 6.45) is 0.269. The lowest BCUT2D eigenvalue weighted by Gasteiger charge is -2.37. The van der Waals surface area contributed by atoms with Crippen LogP contribution in [0.4, 0.5) is 11.4 Å². The molecule has 1 aromatic rings. The van der Waals surface area contributed by atoms with Crippen LogP contribution in [0.25, 0.3) is 0 Å². The largest absolute Gasteiger partial charge is 0.325 e. The summed E-state index contributed by atoms with van der Waals surface area (Å²) in [4.78, 5) is 25.0. The van der Waals surface area contributed by atoms with Gasteiger partial charge in [-0.2, -0.15) is 5.26 Å². The van der Waals surface area contributed by atoms with E-state index in [0.717, 1.165) is 11.3 Å². The lowest BCUT2D eigenvalue weighted by atomic mass is 9.77. The summed E-state index contributed by atoms with van der Waals surface area (Å²) in [7, 11) is 1.75.